The third-order valence-corrected chi connectivity index (χ3v) is 6.96. The summed E-state index contributed by atoms with van der Waals surface area (Å²) in [6.07, 6.45) is 7.94. The Morgan fingerprint density at radius 2 is 1.88 bits per heavy atom. The summed E-state index contributed by atoms with van der Waals surface area (Å²) >= 11 is 0. The molecule has 1 amide bonds. The van der Waals surface area contributed by atoms with Gasteiger partial charge in [-0.25, -0.2) is 4.68 Å². The molecule has 142 valence electrons. The fourth-order valence-corrected chi connectivity index (χ4v) is 6.04. The molecule has 0 aromatic carbocycles. The van der Waals surface area contributed by atoms with Crippen LogP contribution in [0.25, 0.3) is 0 Å². The lowest BCUT2D eigenvalue weighted by Gasteiger charge is -2.59. The van der Waals surface area contributed by atoms with Crippen molar-refractivity contribution in [2.24, 2.45) is 23.2 Å². The van der Waals surface area contributed by atoms with Crippen LogP contribution in [-0.2, 0) is 11.3 Å². The molecule has 6 heteroatoms. The van der Waals surface area contributed by atoms with Gasteiger partial charge in [0.15, 0.2) is 0 Å². The fourth-order valence-electron chi connectivity index (χ4n) is 6.04. The maximum Gasteiger partial charge on any atom is 0.271 e. The number of amides is 1. The first-order valence-corrected chi connectivity index (χ1v) is 9.87. The molecular formula is C20H29N3O3. The number of hydrogen-bond acceptors (Lipinski definition) is 4. The lowest BCUT2D eigenvalue weighted by Crippen LogP contribution is -2.56. The van der Waals surface area contributed by atoms with Gasteiger partial charge >= 0.3 is 0 Å². The second-order valence-electron chi connectivity index (χ2n) is 8.75. The topological polar surface area (TPSA) is 73.2 Å². The van der Waals surface area contributed by atoms with Crippen molar-refractivity contribution < 1.29 is 9.53 Å². The maximum atomic E-state index is 12.8. The van der Waals surface area contributed by atoms with Crippen LogP contribution < -0.4 is 10.9 Å². The monoisotopic (exact) mass is 359 g/mol. The summed E-state index contributed by atoms with van der Waals surface area (Å²) in [7, 11) is 1.58. The highest BCUT2D eigenvalue weighted by Crippen LogP contribution is 2.61. The van der Waals surface area contributed by atoms with Gasteiger partial charge in [-0.1, -0.05) is 0 Å². The summed E-state index contributed by atoms with van der Waals surface area (Å²) in [6, 6.07) is 3.07. The van der Waals surface area contributed by atoms with E-state index in [-0.39, 0.29) is 22.9 Å². The highest BCUT2D eigenvalue weighted by atomic mass is 16.5. The molecule has 26 heavy (non-hydrogen) atoms. The summed E-state index contributed by atoms with van der Waals surface area (Å²) in [6.45, 7) is 2.90. The van der Waals surface area contributed by atoms with Crippen LogP contribution in [0.5, 0.6) is 0 Å². The summed E-state index contributed by atoms with van der Waals surface area (Å²) in [5.41, 5.74) is 0.347. The summed E-state index contributed by atoms with van der Waals surface area (Å²) < 4.78 is 6.30. The van der Waals surface area contributed by atoms with Crippen LogP contribution in [0.2, 0.25) is 0 Å². The molecule has 4 aliphatic rings. The zero-order valence-electron chi connectivity index (χ0n) is 15.7. The molecule has 0 radical (unpaired) electrons. The number of nitrogens with one attached hydrogen (secondary N) is 1. The quantitative estimate of drug-likeness (QED) is 0.845. The SMILES string of the molecule is COCCn1nc(C(=O)N[C@@H](C)C23CC4CC(CC(C4)C2)C3)ccc1=O. The van der Waals surface area contributed by atoms with Crippen LogP contribution in [-0.4, -0.2) is 35.4 Å². The number of carbonyl (C=O) groups excluding carboxylic acids is 1. The highest BCUT2D eigenvalue weighted by molar-refractivity contribution is 5.92. The number of aromatic nitrogens is 2. The Labute approximate surface area is 154 Å². The van der Waals surface area contributed by atoms with Gasteiger partial charge in [-0.3, -0.25) is 9.59 Å². The third kappa shape index (κ3) is 3.20. The lowest BCUT2D eigenvalue weighted by molar-refractivity contribution is -0.0688. The molecule has 1 heterocycles. The van der Waals surface area contributed by atoms with E-state index in [2.05, 4.69) is 17.3 Å². The smallest absolute Gasteiger partial charge is 0.271 e. The number of ether oxygens (including phenoxy) is 1. The summed E-state index contributed by atoms with van der Waals surface area (Å²) in [5, 5.41) is 7.43. The largest absolute Gasteiger partial charge is 0.383 e. The molecule has 6 nitrogen and oxygen atoms in total. The average molecular weight is 359 g/mol. The maximum absolute atomic E-state index is 12.8. The van der Waals surface area contributed by atoms with Crippen LogP contribution in [0.15, 0.2) is 16.9 Å². The van der Waals surface area contributed by atoms with E-state index in [0.29, 0.717) is 18.8 Å². The number of carbonyl (C=O) groups is 1. The van der Waals surface area contributed by atoms with Crippen molar-refractivity contribution in [2.45, 2.75) is 58.0 Å². The molecule has 1 N–H and O–H groups in total. The number of nitrogens with zero attached hydrogens (tertiary/aromatic N) is 2. The summed E-state index contributed by atoms with van der Waals surface area (Å²) in [4.78, 5) is 24.6. The van der Waals surface area contributed by atoms with Gasteiger partial charge < -0.3 is 10.1 Å². The lowest BCUT2D eigenvalue weighted by atomic mass is 9.48. The van der Waals surface area contributed by atoms with Crippen LogP contribution in [0.3, 0.4) is 0 Å². The molecule has 5 rings (SSSR count). The van der Waals surface area contributed by atoms with Crippen molar-refractivity contribution in [3.8, 4) is 0 Å². The van der Waals surface area contributed by atoms with E-state index in [4.69, 9.17) is 4.74 Å². The molecule has 4 fully saturated rings. The van der Waals surface area contributed by atoms with E-state index in [0.717, 1.165) is 17.8 Å². The van der Waals surface area contributed by atoms with E-state index >= 15 is 0 Å². The van der Waals surface area contributed by atoms with E-state index in [1.54, 1.807) is 7.11 Å². The van der Waals surface area contributed by atoms with Crippen LogP contribution in [0.4, 0.5) is 0 Å². The van der Waals surface area contributed by atoms with Gasteiger partial charge in [0.05, 0.1) is 13.2 Å². The van der Waals surface area contributed by atoms with Crippen LogP contribution in [0, 0.1) is 23.2 Å². The van der Waals surface area contributed by atoms with Crippen LogP contribution in [0.1, 0.15) is 55.9 Å². The van der Waals surface area contributed by atoms with Crippen molar-refractivity contribution in [1.82, 2.24) is 15.1 Å². The molecular weight excluding hydrogens is 330 g/mol. The van der Waals surface area contributed by atoms with Gasteiger partial charge in [-0.05, 0) is 74.7 Å². The van der Waals surface area contributed by atoms with Crippen molar-refractivity contribution in [3.63, 3.8) is 0 Å². The third-order valence-electron chi connectivity index (χ3n) is 6.96. The Morgan fingerprint density at radius 3 is 2.46 bits per heavy atom. The minimum atomic E-state index is -0.215. The molecule has 0 aliphatic heterocycles. The molecule has 0 saturated heterocycles. The van der Waals surface area contributed by atoms with E-state index in [1.165, 1.54) is 55.3 Å². The van der Waals surface area contributed by atoms with E-state index < -0.39 is 0 Å². The van der Waals surface area contributed by atoms with Gasteiger partial charge in [0.25, 0.3) is 11.5 Å². The Balaban J connectivity index is 1.47. The Bertz CT molecular complexity index is 707. The zero-order valence-corrected chi connectivity index (χ0v) is 15.7. The molecule has 0 unspecified atom stereocenters. The molecule has 1 atom stereocenters. The zero-order chi connectivity index (χ0) is 18.3. The van der Waals surface area contributed by atoms with Crippen LogP contribution >= 0.6 is 0 Å². The number of hydrogen-bond donors (Lipinski definition) is 1. The molecule has 0 spiro atoms. The second kappa shape index (κ2) is 6.80. The van der Waals surface area contributed by atoms with Gasteiger partial charge in [0.1, 0.15) is 5.69 Å². The first-order chi connectivity index (χ1) is 12.5. The summed E-state index contributed by atoms with van der Waals surface area (Å²) in [5.74, 6) is 2.39. The van der Waals surface area contributed by atoms with Crippen molar-refractivity contribution in [1.29, 1.82) is 0 Å². The van der Waals surface area contributed by atoms with Crippen molar-refractivity contribution in [3.05, 3.63) is 28.2 Å². The highest BCUT2D eigenvalue weighted by Gasteiger charge is 2.53. The van der Waals surface area contributed by atoms with Gasteiger partial charge in [0, 0.05) is 19.2 Å². The Kier molecular flexibility index (Phi) is 4.63. The molecule has 4 bridgehead atoms. The minimum Gasteiger partial charge on any atom is -0.383 e. The standard InChI is InChI=1S/C20H29N3O3/c1-13(20-10-14-7-15(11-20)9-16(8-14)12-20)21-19(25)17-3-4-18(24)23(22-17)5-6-26-2/h3-4,13-16H,5-12H2,1-2H3,(H,21,25)/t13-,14?,15?,16?,20?/m0/s1. The normalized spacial score (nSPS) is 33.2. The predicted molar refractivity (Wildman–Crippen MR) is 97.9 cm³/mol. The predicted octanol–water partition coefficient (Wildman–Crippen LogP) is 2.22. The fraction of sp³-hybridized carbons (Fsp3) is 0.750. The molecule has 1 aromatic rings. The van der Waals surface area contributed by atoms with E-state index in [1.807, 2.05) is 0 Å². The molecule has 4 aliphatic carbocycles. The van der Waals surface area contributed by atoms with Gasteiger partial charge in [-0.15, -0.1) is 0 Å². The van der Waals surface area contributed by atoms with Crippen molar-refractivity contribution >= 4 is 5.91 Å². The number of methoxy groups -OCH3 is 1. The molecule has 4 saturated carbocycles. The molecule has 1 aromatic heterocycles. The van der Waals surface area contributed by atoms with E-state index in [9.17, 15) is 9.59 Å². The Morgan fingerprint density at radius 1 is 1.27 bits per heavy atom. The first-order valence-electron chi connectivity index (χ1n) is 9.87. The second-order valence-corrected chi connectivity index (χ2v) is 8.75. The van der Waals surface area contributed by atoms with Crippen molar-refractivity contribution in [2.75, 3.05) is 13.7 Å². The first kappa shape index (κ1) is 17.7. The minimum absolute atomic E-state index is 0.143. The van der Waals surface area contributed by atoms with Gasteiger partial charge in [-0.2, -0.15) is 5.10 Å². The Hall–Kier alpha value is -1.69. The number of rotatable bonds is 6. The van der Waals surface area contributed by atoms with Gasteiger partial charge in [0.2, 0.25) is 0 Å². The average Bonchev–Trinajstić information content (AvgIpc) is 2.59.